The van der Waals surface area contributed by atoms with E-state index in [9.17, 15) is 8.78 Å². The topological polar surface area (TPSA) is 25.2 Å². The Hall–Kier alpha value is -1.39. The molecule has 1 N–H and O–H groups in total. The van der Waals surface area contributed by atoms with Crippen molar-refractivity contribution in [1.29, 1.82) is 0 Å². The third-order valence-corrected chi connectivity index (χ3v) is 3.47. The lowest BCUT2D eigenvalue weighted by Crippen LogP contribution is -2.25. The van der Waals surface area contributed by atoms with E-state index in [0.29, 0.717) is 17.7 Å². The molecule has 2 rings (SSSR count). The van der Waals surface area contributed by atoms with Crippen molar-refractivity contribution in [2.24, 2.45) is 0 Å². The first-order chi connectivity index (χ1) is 9.56. The molecule has 20 heavy (non-hydrogen) atoms. The van der Waals surface area contributed by atoms with E-state index < -0.39 is 17.7 Å². The zero-order valence-electron chi connectivity index (χ0n) is 11.3. The van der Waals surface area contributed by atoms with Crippen LogP contribution >= 0.6 is 11.6 Å². The molecule has 0 aliphatic heterocycles. The van der Waals surface area contributed by atoms with Crippen LogP contribution in [0.15, 0.2) is 28.9 Å². The maximum absolute atomic E-state index is 14.3. The predicted octanol–water partition coefficient (Wildman–Crippen LogP) is 4.61. The van der Waals surface area contributed by atoms with E-state index in [1.807, 2.05) is 6.92 Å². The Morgan fingerprint density at radius 1 is 1.30 bits per heavy atom. The third kappa shape index (κ3) is 2.86. The van der Waals surface area contributed by atoms with Crippen molar-refractivity contribution >= 4 is 11.6 Å². The van der Waals surface area contributed by atoms with Crippen molar-refractivity contribution < 1.29 is 13.2 Å². The largest absolute Gasteiger partial charge is 0.453 e. The molecule has 0 radical (unpaired) electrons. The van der Waals surface area contributed by atoms with E-state index in [0.717, 1.165) is 6.42 Å². The Morgan fingerprint density at radius 3 is 2.65 bits per heavy atom. The van der Waals surface area contributed by atoms with E-state index in [1.165, 1.54) is 18.4 Å². The summed E-state index contributed by atoms with van der Waals surface area (Å²) in [6.45, 7) is 4.19. The van der Waals surface area contributed by atoms with Crippen molar-refractivity contribution in [1.82, 2.24) is 5.32 Å². The third-order valence-electron chi connectivity index (χ3n) is 3.16. The molecule has 0 fully saturated rings. The second-order valence-electron chi connectivity index (χ2n) is 4.63. The molecule has 0 saturated carbocycles. The Morgan fingerprint density at radius 2 is 2.05 bits per heavy atom. The van der Waals surface area contributed by atoms with E-state index >= 15 is 0 Å². The molecular weight excluding hydrogens is 284 g/mol. The van der Waals surface area contributed by atoms with Crippen LogP contribution in [0.5, 0.6) is 0 Å². The summed E-state index contributed by atoms with van der Waals surface area (Å²) < 4.78 is 33.4. The molecule has 0 aliphatic rings. The van der Waals surface area contributed by atoms with Crippen LogP contribution in [0.2, 0.25) is 5.22 Å². The minimum Gasteiger partial charge on any atom is -0.453 e. The van der Waals surface area contributed by atoms with Crippen molar-refractivity contribution in [3.63, 3.8) is 0 Å². The van der Waals surface area contributed by atoms with Crippen LogP contribution in [0.4, 0.5) is 8.78 Å². The van der Waals surface area contributed by atoms with E-state index in [2.05, 4.69) is 5.32 Å². The maximum atomic E-state index is 14.3. The average Bonchev–Trinajstić information content (AvgIpc) is 2.84. The summed E-state index contributed by atoms with van der Waals surface area (Å²) >= 11 is 5.96. The van der Waals surface area contributed by atoms with E-state index in [4.69, 9.17) is 16.0 Å². The minimum absolute atomic E-state index is 0.0262. The number of aryl methyl sites for hydroxylation is 1. The molecule has 1 aromatic carbocycles. The van der Waals surface area contributed by atoms with Gasteiger partial charge in [-0.1, -0.05) is 13.0 Å². The number of hydrogen-bond acceptors (Lipinski definition) is 2. The van der Waals surface area contributed by atoms with Crippen molar-refractivity contribution in [2.45, 2.75) is 26.3 Å². The second-order valence-corrected chi connectivity index (χ2v) is 4.97. The molecule has 1 unspecified atom stereocenters. The van der Waals surface area contributed by atoms with Gasteiger partial charge in [0, 0.05) is 11.1 Å². The molecule has 0 saturated heterocycles. The summed E-state index contributed by atoms with van der Waals surface area (Å²) in [4.78, 5) is 0. The van der Waals surface area contributed by atoms with Gasteiger partial charge in [0.25, 0.3) is 0 Å². The van der Waals surface area contributed by atoms with Crippen LogP contribution < -0.4 is 5.32 Å². The van der Waals surface area contributed by atoms with E-state index in [1.54, 1.807) is 13.0 Å². The fourth-order valence-corrected chi connectivity index (χ4v) is 2.33. The van der Waals surface area contributed by atoms with Crippen LogP contribution in [-0.2, 0) is 0 Å². The molecule has 0 spiro atoms. The van der Waals surface area contributed by atoms with E-state index in [-0.39, 0.29) is 10.8 Å². The molecule has 1 atom stereocenters. The first kappa shape index (κ1) is 15.0. The highest BCUT2D eigenvalue weighted by molar-refractivity contribution is 6.29. The number of halogens is 3. The highest BCUT2D eigenvalue weighted by Crippen LogP contribution is 2.33. The Labute approximate surface area is 121 Å². The molecule has 0 amide bonds. The van der Waals surface area contributed by atoms with Crippen LogP contribution in [0, 0.1) is 18.6 Å². The van der Waals surface area contributed by atoms with Gasteiger partial charge < -0.3 is 9.73 Å². The fourth-order valence-electron chi connectivity index (χ4n) is 2.11. The molecular formula is C15H16ClF2NO. The summed E-state index contributed by atoms with van der Waals surface area (Å²) in [7, 11) is 0. The Kier molecular flexibility index (Phi) is 4.78. The number of benzene rings is 1. The van der Waals surface area contributed by atoms with Gasteiger partial charge in [-0.15, -0.1) is 0 Å². The van der Waals surface area contributed by atoms with Gasteiger partial charge >= 0.3 is 0 Å². The van der Waals surface area contributed by atoms with Crippen molar-refractivity contribution in [2.75, 3.05) is 6.54 Å². The van der Waals surface area contributed by atoms with Gasteiger partial charge in [0.15, 0.2) is 5.22 Å². The predicted molar refractivity (Wildman–Crippen MR) is 74.9 cm³/mol. The van der Waals surface area contributed by atoms with Gasteiger partial charge in [-0.3, -0.25) is 0 Å². The summed E-state index contributed by atoms with van der Waals surface area (Å²) in [6.07, 6.45) is 2.24. The van der Waals surface area contributed by atoms with Crippen molar-refractivity contribution in [3.8, 4) is 0 Å². The van der Waals surface area contributed by atoms with Gasteiger partial charge in [0.2, 0.25) is 0 Å². The maximum Gasteiger partial charge on any atom is 0.198 e. The molecule has 2 nitrogen and oxygen atoms in total. The van der Waals surface area contributed by atoms with Gasteiger partial charge in [-0.25, -0.2) is 8.78 Å². The lowest BCUT2D eigenvalue weighted by atomic mass is 9.97. The Balaban J connectivity index is 2.52. The molecule has 1 heterocycles. The highest BCUT2D eigenvalue weighted by Gasteiger charge is 2.25. The number of nitrogens with one attached hydrogen (secondary N) is 1. The summed E-state index contributed by atoms with van der Waals surface area (Å²) in [5, 5.41) is 3.25. The molecule has 2 aromatic rings. The highest BCUT2D eigenvalue weighted by atomic mass is 35.5. The molecule has 0 bridgehead atoms. The normalized spacial score (nSPS) is 12.7. The van der Waals surface area contributed by atoms with Crippen LogP contribution in [-0.4, -0.2) is 6.54 Å². The van der Waals surface area contributed by atoms with Gasteiger partial charge in [0.05, 0.1) is 12.3 Å². The monoisotopic (exact) mass is 299 g/mol. The van der Waals surface area contributed by atoms with Crippen LogP contribution in [0.3, 0.4) is 0 Å². The fraction of sp³-hybridized carbons (Fsp3) is 0.333. The Bertz CT molecular complexity index is 598. The molecule has 108 valence electrons. The molecule has 5 heteroatoms. The SMILES string of the molecule is CCCNC(c1ccoc1Cl)c1c(F)ccc(C)c1F. The zero-order valence-corrected chi connectivity index (χ0v) is 12.1. The van der Waals surface area contributed by atoms with Crippen molar-refractivity contribution in [3.05, 3.63) is 58.0 Å². The lowest BCUT2D eigenvalue weighted by Gasteiger charge is -2.20. The minimum atomic E-state index is -0.666. The lowest BCUT2D eigenvalue weighted by molar-refractivity contribution is 0.494. The van der Waals surface area contributed by atoms with Crippen LogP contribution in [0.25, 0.3) is 0 Å². The van der Waals surface area contributed by atoms with Crippen LogP contribution in [0.1, 0.15) is 36.1 Å². The quantitative estimate of drug-likeness (QED) is 0.872. The van der Waals surface area contributed by atoms with Gasteiger partial charge in [-0.05, 0) is 49.2 Å². The van der Waals surface area contributed by atoms with Gasteiger partial charge in [0.1, 0.15) is 11.6 Å². The zero-order chi connectivity index (χ0) is 14.7. The molecule has 1 aromatic heterocycles. The number of furan rings is 1. The van der Waals surface area contributed by atoms with Gasteiger partial charge in [-0.2, -0.15) is 0 Å². The second kappa shape index (κ2) is 6.37. The number of hydrogen-bond donors (Lipinski definition) is 1. The molecule has 0 aliphatic carbocycles. The summed E-state index contributed by atoms with van der Waals surface area (Å²) in [6, 6.07) is 3.64. The first-order valence-corrected chi connectivity index (χ1v) is 6.84. The first-order valence-electron chi connectivity index (χ1n) is 6.47. The number of rotatable bonds is 5. The standard InChI is InChI=1S/C15H16ClF2NO/c1-3-7-19-14(10-6-8-20-15(10)16)12-11(17)5-4-9(2)13(12)18/h4-6,8,14,19H,3,7H2,1-2H3. The smallest absolute Gasteiger partial charge is 0.198 e. The summed E-state index contributed by atoms with van der Waals surface area (Å²) in [5.74, 6) is -1.16. The average molecular weight is 300 g/mol. The summed E-state index contributed by atoms with van der Waals surface area (Å²) in [5.41, 5.74) is 0.898.